The van der Waals surface area contributed by atoms with Crippen LogP contribution in [0.25, 0.3) is 10.2 Å². The number of nitrogens with zero attached hydrogens (tertiary/aromatic N) is 1. The van der Waals surface area contributed by atoms with Crippen molar-refractivity contribution in [1.29, 1.82) is 0 Å². The molecule has 0 aliphatic heterocycles. The summed E-state index contributed by atoms with van der Waals surface area (Å²) >= 11 is 1.56. The summed E-state index contributed by atoms with van der Waals surface area (Å²) in [6, 6.07) is 7.79. The Morgan fingerprint density at radius 2 is 2.19 bits per heavy atom. The number of carbonyl (C=O) groups excluding carboxylic acids is 2. The van der Waals surface area contributed by atoms with Gasteiger partial charge in [-0.15, -0.1) is 11.3 Å². The fraction of sp³-hybridized carbons (Fsp3) is 0.357. The second-order valence-corrected chi connectivity index (χ2v) is 5.53. The molecule has 1 atom stereocenters. The van der Waals surface area contributed by atoms with E-state index in [1.54, 1.807) is 11.3 Å². The third kappa shape index (κ3) is 4.24. The van der Waals surface area contributed by atoms with E-state index >= 15 is 0 Å². The molecule has 1 heterocycles. The smallest absolute Gasteiger partial charge is 0.336 e. The molecule has 0 saturated carbocycles. The van der Waals surface area contributed by atoms with Crippen LogP contribution in [0, 0.1) is 0 Å². The Hall–Kier alpha value is -1.99. The third-order valence-electron chi connectivity index (χ3n) is 2.87. The number of benzene rings is 1. The van der Waals surface area contributed by atoms with Crippen LogP contribution in [0.15, 0.2) is 24.3 Å². The molecule has 0 aliphatic carbocycles. The highest BCUT2D eigenvalue weighted by molar-refractivity contribution is 7.18. The number of aryl methyl sites for hydroxylation is 1. The Morgan fingerprint density at radius 3 is 2.90 bits per heavy atom. The lowest BCUT2D eigenvalue weighted by atomic mass is 10.3. The molecule has 0 bridgehead atoms. The summed E-state index contributed by atoms with van der Waals surface area (Å²) < 4.78 is 5.45. The first-order valence-electron chi connectivity index (χ1n) is 6.47. The number of esters is 1. The first-order valence-corrected chi connectivity index (χ1v) is 7.29. The van der Waals surface area contributed by atoms with Crippen LogP contribution in [0.4, 0.5) is 0 Å². The van der Waals surface area contributed by atoms with Crippen molar-refractivity contribution in [3.05, 3.63) is 29.3 Å². The number of methoxy groups -OCH3 is 1. The second kappa shape index (κ2) is 7.14. The zero-order valence-electron chi connectivity index (χ0n) is 11.5. The maximum atomic E-state index is 11.6. The molecule has 2 N–H and O–H groups in total. The van der Waals surface area contributed by atoms with E-state index < -0.39 is 12.1 Å². The van der Waals surface area contributed by atoms with Gasteiger partial charge in [0, 0.05) is 12.8 Å². The van der Waals surface area contributed by atoms with Gasteiger partial charge in [0.25, 0.3) is 0 Å². The molecule has 0 radical (unpaired) electrons. The predicted molar refractivity (Wildman–Crippen MR) is 79.0 cm³/mol. The van der Waals surface area contributed by atoms with Gasteiger partial charge >= 0.3 is 5.97 Å². The molecule has 1 aromatic heterocycles. The minimum Gasteiger partial charge on any atom is -0.467 e. The van der Waals surface area contributed by atoms with E-state index in [1.165, 1.54) is 7.11 Å². The van der Waals surface area contributed by atoms with Gasteiger partial charge in [-0.2, -0.15) is 0 Å². The molecule has 1 amide bonds. The molecule has 0 saturated heterocycles. The Kier molecular flexibility index (Phi) is 5.24. The molecule has 0 aliphatic rings. The number of rotatable bonds is 6. The van der Waals surface area contributed by atoms with Gasteiger partial charge in [-0.05, 0) is 12.1 Å². The van der Waals surface area contributed by atoms with E-state index in [0.717, 1.165) is 15.2 Å². The minimum atomic E-state index is -1.33. The summed E-state index contributed by atoms with van der Waals surface area (Å²) in [6.45, 7) is -0.147. The van der Waals surface area contributed by atoms with E-state index in [2.05, 4.69) is 15.0 Å². The summed E-state index contributed by atoms with van der Waals surface area (Å²) in [6.07, 6.45) is -0.547. The maximum Gasteiger partial charge on any atom is 0.336 e. The van der Waals surface area contributed by atoms with Crippen LogP contribution in [-0.4, -0.2) is 41.7 Å². The van der Waals surface area contributed by atoms with E-state index in [1.807, 2.05) is 24.3 Å². The lowest BCUT2D eigenvalue weighted by Crippen LogP contribution is -2.37. The summed E-state index contributed by atoms with van der Waals surface area (Å²) in [4.78, 5) is 27.1. The Bertz CT molecular complexity index is 608. The van der Waals surface area contributed by atoms with E-state index in [0.29, 0.717) is 6.42 Å². The van der Waals surface area contributed by atoms with Gasteiger partial charge in [-0.25, -0.2) is 9.78 Å². The fourth-order valence-corrected chi connectivity index (χ4v) is 2.73. The van der Waals surface area contributed by atoms with Crippen LogP contribution in [-0.2, 0) is 20.7 Å². The van der Waals surface area contributed by atoms with Gasteiger partial charge < -0.3 is 15.2 Å². The van der Waals surface area contributed by atoms with Gasteiger partial charge in [0.05, 0.1) is 28.9 Å². The number of thiazole rings is 1. The zero-order valence-corrected chi connectivity index (χ0v) is 12.4. The third-order valence-corrected chi connectivity index (χ3v) is 3.97. The van der Waals surface area contributed by atoms with Gasteiger partial charge in [0.15, 0.2) is 6.10 Å². The lowest BCUT2D eigenvalue weighted by molar-refractivity contribution is -0.150. The number of hydrogen-bond donors (Lipinski definition) is 2. The molecule has 0 spiro atoms. The Labute approximate surface area is 125 Å². The van der Waals surface area contributed by atoms with Crippen molar-refractivity contribution < 1.29 is 19.4 Å². The lowest BCUT2D eigenvalue weighted by Gasteiger charge is -2.09. The Balaban J connectivity index is 1.80. The SMILES string of the molecule is COC(=O)C(O)CNC(=O)CCc1nc2ccccc2s1. The average molecular weight is 308 g/mol. The van der Waals surface area contributed by atoms with Crippen LogP contribution in [0.1, 0.15) is 11.4 Å². The van der Waals surface area contributed by atoms with Crippen molar-refractivity contribution in [2.75, 3.05) is 13.7 Å². The molecule has 7 heteroatoms. The molecule has 6 nitrogen and oxygen atoms in total. The molecule has 2 aromatic rings. The zero-order chi connectivity index (χ0) is 15.2. The van der Waals surface area contributed by atoms with E-state index in [-0.39, 0.29) is 18.9 Å². The number of carbonyl (C=O) groups is 2. The molecule has 112 valence electrons. The van der Waals surface area contributed by atoms with Crippen molar-refractivity contribution in [3.8, 4) is 0 Å². The van der Waals surface area contributed by atoms with Crippen molar-refractivity contribution in [1.82, 2.24) is 10.3 Å². The number of para-hydroxylation sites is 1. The van der Waals surface area contributed by atoms with Crippen molar-refractivity contribution in [2.24, 2.45) is 0 Å². The van der Waals surface area contributed by atoms with Crippen molar-refractivity contribution in [3.63, 3.8) is 0 Å². The highest BCUT2D eigenvalue weighted by Gasteiger charge is 2.16. The highest BCUT2D eigenvalue weighted by Crippen LogP contribution is 2.22. The number of fused-ring (bicyclic) bond motifs is 1. The number of nitrogens with one attached hydrogen (secondary N) is 1. The van der Waals surface area contributed by atoms with Crippen LogP contribution < -0.4 is 5.32 Å². The second-order valence-electron chi connectivity index (χ2n) is 4.42. The first kappa shape index (κ1) is 15.4. The van der Waals surface area contributed by atoms with Crippen molar-refractivity contribution in [2.45, 2.75) is 18.9 Å². The molecule has 0 fully saturated rings. The van der Waals surface area contributed by atoms with Crippen molar-refractivity contribution >= 4 is 33.4 Å². The minimum absolute atomic E-state index is 0.147. The number of amides is 1. The number of hydrogen-bond acceptors (Lipinski definition) is 6. The van der Waals surface area contributed by atoms with Crippen LogP contribution in [0.2, 0.25) is 0 Å². The summed E-state index contributed by atoms with van der Waals surface area (Å²) in [7, 11) is 1.18. The topological polar surface area (TPSA) is 88.5 Å². The van der Waals surface area contributed by atoms with Crippen LogP contribution in [0.5, 0.6) is 0 Å². The van der Waals surface area contributed by atoms with Gasteiger partial charge in [0.1, 0.15) is 0 Å². The van der Waals surface area contributed by atoms with Gasteiger partial charge in [0.2, 0.25) is 5.91 Å². The maximum absolute atomic E-state index is 11.6. The van der Waals surface area contributed by atoms with Gasteiger partial charge in [-0.3, -0.25) is 4.79 Å². The largest absolute Gasteiger partial charge is 0.467 e. The molecule has 2 rings (SSSR count). The molecular weight excluding hydrogens is 292 g/mol. The highest BCUT2D eigenvalue weighted by atomic mass is 32.1. The summed E-state index contributed by atoms with van der Waals surface area (Å²) in [5.41, 5.74) is 0.930. The standard InChI is InChI=1S/C14H16N2O4S/c1-20-14(19)10(17)8-15-12(18)6-7-13-16-9-4-2-3-5-11(9)21-13/h2-5,10,17H,6-8H2,1H3,(H,15,18). The number of aliphatic hydroxyl groups is 1. The summed E-state index contributed by atoms with van der Waals surface area (Å²) in [5.74, 6) is -1.00. The van der Waals surface area contributed by atoms with E-state index in [4.69, 9.17) is 0 Å². The number of aromatic nitrogens is 1. The fourth-order valence-electron chi connectivity index (χ4n) is 1.77. The van der Waals surface area contributed by atoms with Crippen LogP contribution in [0.3, 0.4) is 0 Å². The average Bonchev–Trinajstić information content (AvgIpc) is 2.92. The summed E-state index contributed by atoms with van der Waals surface area (Å²) in [5, 5.41) is 12.7. The van der Waals surface area contributed by atoms with E-state index in [9.17, 15) is 14.7 Å². The quantitative estimate of drug-likeness (QED) is 0.773. The number of aliphatic hydroxyl groups excluding tert-OH is 1. The molecular formula is C14H16N2O4S. The predicted octanol–water partition coefficient (Wildman–Crippen LogP) is 0.879. The molecule has 1 unspecified atom stereocenters. The van der Waals surface area contributed by atoms with Crippen LogP contribution >= 0.6 is 11.3 Å². The normalized spacial score (nSPS) is 12.1. The number of ether oxygens (including phenoxy) is 1. The monoisotopic (exact) mass is 308 g/mol. The van der Waals surface area contributed by atoms with Gasteiger partial charge in [-0.1, -0.05) is 12.1 Å². The molecule has 21 heavy (non-hydrogen) atoms. The first-order chi connectivity index (χ1) is 10.1. The molecule has 1 aromatic carbocycles. The Morgan fingerprint density at radius 1 is 1.43 bits per heavy atom.